The lowest BCUT2D eigenvalue weighted by atomic mass is 10.1. The van der Waals surface area contributed by atoms with Gasteiger partial charge in [-0.15, -0.1) is 0 Å². The van der Waals surface area contributed by atoms with Gasteiger partial charge in [-0.2, -0.15) is 0 Å². The van der Waals surface area contributed by atoms with Crippen LogP contribution in [-0.4, -0.2) is 41.9 Å². The maximum Gasteiger partial charge on any atom is 0.225 e. The number of pyridine rings is 1. The minimum Gasteiger partial charge on any atom is -0.497 e. The van der Waals surface area contributed by atoms with Gasteiger partial charge in [0.1, 0.15) is 5.75 Å². The van der Waals surface area contributed by atoms with Crippen LogP contribution in [0.25, 0.3) is 0 Å². The summed E-state index contributed by atoms with van der Waals surface area (Å²) in [7, 11) is 1.64. The summed E-state index contributed by atoms with van der Waals surface area (Å²) in [6.45, 7) is 1.55. The molecule has 0 bridgehead atoms. The smallest absolute Gasteiger partial charge is 0.225 e. The van der Waals surface area contributed by atoms with Gasteiger partial charge in [-0.3, -0.25) is 14.6 Å². The van der Waals surface area contributed by atoms with Gasteiger partial charge in [0, 0.05) is 38.4 Å². The highest BCUT2D eigenvalue weighted by molar-refractivity contribution is 5.89. The molecular weight excluding hydrogens is 330 g/mol. The van der Waals surface area contributed by atoms with E-state index < -0.39 is 0 Å². The first kappa shape index (κ1) is 17.9. The topological polar surface area (TPSA) is 71.5 Å². The Balaban J connectivity index is 1.45. The van der Waals surface area contributed by atoms with E-state index >= 15 is 0 Å². The van der Waals surface area contributed by atoms with E-state index in [-0.39, 0.29) is 24.2 Å². The standard InChI is InChI=1S/C20H23N3O3/c1-26-18-4-2-15(3-5-18)8-11-22-20(25)17-12-19(24)23(14-17)13-16-6-9-21-10-7-16/h2-7,9-10,17H,8,11-14H2,1H3,(H,22,25). The molecule has 0 spiro atoms. The van der Waals surface area contributed by atoms with Gasteiger partial charge in [-0.1, -0.05) is 12.1 Å². The van der Waals surface area contributed by atoms with Crippen molar-refractivity contribution in [1.82, 2.24) is 15.2 Å². The van der Waals surface area contributed by atoms with Crippen LogP contribution in [0.2, 0.25) is 0 Å². The highest BCUT2D eigenvalue weighted by Crippen LogP contribution is 2.20. The number of rotatable bonds is 7. The largest absolute Gasteiger partial charge is 0.497 e. The summed E-state index contributed by atoms with van der Waals surface area (Å²) < 4.78 is 5.13. The van der Waals surface area contributed by atoms with Crippen molar-refractivity contribution in [3.8, 4) is 5.75 Å². The van der Waals surface area contributed by atoms with Crippen LogP contribution in [0.5, 0.6) is 5.75 Å². The zero-order chi connectivity index (χ0) is 18.4. The third kappa shape index (κ3) is 4.59. The molecule has 2 aromatic rings. The Kier molecular flexibility index (Phi) is 5.84. The quantitative estimate of drug-likeness (QED) is 0.824. The molecule has 1 aromatic carbocycles. The number of carbonyl (C=O) groups excluding carboxylic acids is 2. The highest BCUT2D eigenvalue weighted by Gasteiger charge is 2.33. The third-order valence-corrected chi connectivity index (χ3v) is 4.58. The predicted molar refractivity (Wildman–Crippen MR) is 97.5 cm³/mol. The van der Waals surface area contributed by atoms with Gasteiger partial charge in [-0.05, 0) is 41.8 Å². The Morgan fingerprint density at radius 3 is 2.62 bits per heavy atom. The van der Waals surface area contributed by atoms with Crippen molar-refractivity contribution in [2.75, 3.05) is 20.2 Å². The third-order valence-electron chi connectivity index (χ3n) is 4.58. The molecule has 136 valence electrons. The van der Waals surface area contributed by atoms with E-state index in [1.165, 1.54) is 0 Å². The monoisotopic (exact) mass is 353 g/mol. The van der Waals surface area contributed by atoms with E-state index in [2.05, 4.69) is 10.3 Å². The van der Waals surface area contributed by atoms with Crippen LogP contribution in [0.1, 0.15) is 17.5 Å². The Hall–Kier alpha value is -2.89. The normalized spacial score (nSPS) is 16.6. The van der Waals surface area contributed by atoms with Crippen LogP contribution in [0.3, 0.4) is 0 Å². The summed E-state index contributed by atoms with van der Waals surface area (Å²) in [6, 6.07) is 11.6. The van der Waals surface area contributed by atoms with Crippen molar-refractivity contribution in [2.45, 2.75) is 19.4 Å². The highest BCUT2D eigenvalue weighted by atomic mass is 16.5. The first-order valence-electron chi connectivity index (χ1n) is 8.73. The number of aromatic nitrogens is 1. The first-order valence-corrected chi connectivity index (χ1v) is 8.73. The molecule has 1 saturated heterocycles. The molecule has 2 heterocycles. The lowest BCUT2D eigenvalue weighted by molar-refractivity contribution is -0.129. The molecule has 26 heavy (non-hydrogen) atoms. The van der Waals surface area contributed by atoms with Crippen LogP contribution >= 0.6 is 0 Å². The van der Waals surface area contributed by atoms with Crippen molar-refractivity contribution in [3.05, 3.63) is 59.9 Å². The molecule has 1 unspecified atom stereocenters. The number of benzene rings is 1. The number of carbonyl (C=O) groups is 2. The second-order valence-electron chi connectivity index (χ2n) is 6.42. The minimum atomic E-state index is -0.278. The number of nitrogens with one attached hydrogen (secondary N) is 1. The lowest BCUT2D eigenvalue weighted by Gasteiger charge is -2.16. The fourth-order valence-corrected chi connectivity index (χ4v) is 3.08. The molecule has 1 N–H and O–H groups in total. The summed E-state index contributed by atoms with van der Waals surface area (Å²) in [4.78, 5) is 30.2. The summed E-state index contributed by atoms with van der Waals surface area (Å²) in [5.41, 5.74) is 2.15. The fourth-order valence-electron chi connectivity index (χ4n) is 3.08. The fraction of sp³-hybridized carbons (Fsp3) is 0.350. The molecule has 3 rings (SSSR count). The number of amides is 2. The van der Waals surface area contributed by atoms with Gasteiger partial charge in [0.25, 0.3) is 0 Å². The molecule has 0 radical (unpaired) electrons. The van der Waals surface area contributed by atoms with Crippen LogP contribution in [0.4, 0.5) is 0 Å². The molecule has 1 aromatic heterocycles. The molecule has 0 aliphatic carbocycles. The van der Waals surface area contributed by atoms with Gasteiger partial charge >= 0.3 is 0 Å². The molecule has 6 heteroatoms. The second kappa shape index (κ2) is 8.47. The lowest BCUT2D eigenvalue weighted by Crippen LogP contribution is -2.34. The average Bonchev–Trinajstić information content (AvgIpc) is 3.04. The molecule has 0 saturated carbocycles. The molecule has 1 atom stereocenters. The molecular formula is C20H23N3O3. The van der Waals surface area contributed by atoms with Crippen LogP contribution in [0, 0.1) is 5.92 Å². The van der Waals surface area contributed by atoms with Crippen molar-refractivity contribution in [1.29, 1.82) is 0 Å². The van der Waals surface area contributed by atoms with Gasteiger partial charge in [0.15, 0.2) is 0 Å². The van der Waals surface area contributed by atoms with E-state index in [9.17, 15) is 9.59 Å². The zero-order valence-corrected chi connectivity index (χ0v) is 14.9. The average molecular weight is 353 g/mol. The van der Waals surface area contributed by atoms with Crippen molar-refractivity contribution < 1.29 is 14.3 Å². The van der Waals surface area contributed by atoms with Crippen molar-refractivity contribution in [3.63, 3.8) is 0 Å². The Bertz CT molecular complexity index is 747. The van der Waals surface area contributed by atoms with E-state index in [0.29, 0.717) is 19.6 Å². The molecule has 6 nitrogen and oxygen atoms in total. The molecule has 1 aliphatic heterocycles. The van der Waals surface area contributed by atoms with Crippen LogP contribution < -0.4 is 10.1 Å². The maximum atomic E-state index is 12.4. The summed E-state index contributed by atoms with van der Waals surface area (Å²) >= 11 is 0. The second-order valence-corrected chi connectivity index (χ2v) is 6.42. The Morgan fingerprint density at radius 1 is 1.19 bits per heavy atom. The van der Waals surface area contributed by atoms with Gasteiger partial charge in [-0.25, -0.2) is 0 Å². The summed E-state index contributed by atoms with van der Waals surface area (Å²) in [5.74, 6) is 0.512. The number of hydrogen-bond donors (Lipinski definition) is 1. The van der Waals surface area contributed by atoms with Gasteiger partial charge < -0.3 is 15.0 Å². The Labute approximate surface area is 153 Å². The first-order chi connectivity index (χ1) is 12.7. The molecule has 1 fully saturated rings. The number of hydrogen-bond acceptors (Lipinski definition) is 4. The van der Waals surface area contributed by atoms with Gasteiger partial charge in [0.05, 0.1) is 13.0 Å². The minimum absolute atomic E-state index is 0.0251. The SMILES string of the molecule is COc1ccc(CCNC(=O)C2CC(=O)N(Cc3ccncc3)C2)cc1. The number of likely N-dealkylation sites (tertiary alicyclic amines) is 1. The summed E-state index contributed by atoms with van der Waals surface area (Å²) in [6.07, 6.45) is 4.44. The van der Waals surface area contributed by atoms with Crippen LogP contribution in [0.15, 0.2) is 48.8 Å². The van der Waals surface area contributed by atoms with Crippen molar-refractivity contribution in [2.24, 2.45) is 5.92 Å². The van der Waals surface area contributed by atoms with E-state index in [1.54, 1.807) is 24.4 Å². The van der Waals surface area contributed by atoms with Gasteiger partial charge in [0.2, 0.25) is 11.8 Å². The summed E-state index contributed by atoms with van der Waals surface area (Å²) in [5, 5.41) is 2.95. The molecule has 1 aliphatic rings. The van der Waals surface area contributed by atoms with E-state index in [0.717, 1.165) is 23.3 Å². The molecule has 2 amide bonds. The maximum absolute atomic E-state index is 12.4. The number of nitrogens with zero attached hydrogens (tertiary/aromatic N) is 2. The Morgan fingerprint density at radius 2 is 1.92 bits per heavy atom. The van der Waals surface area contributed by atoms with E-state index in [4.69, 9.17) is 4.74 Å². The number of ether oxygens (including phenoxy) is 1. The zero-order valence-electron chi connectivity index (χ0n) is 14.9. The predicted octanol–water partition coefficient (Wildman–Crippen LogP) is 1.80. The van der Waals surface area contributed by atoms with Crippen LogP contribution in [-0.2, 0) is 22.6 Å². The van der Waals surface area contributed by atoms with E-state index in [1.807, 2.05) is 36.4 Å². The van der Waals surface area contributed by atoms with Crippen molar-refractivity contribution >= 4 is 11.8 Å². The number of methoxy groups -OCH3 is 1.